The second kappa shape index (κ2) is 7.91. The first-order valence-corrected chi connectivity index (χ1v) is 12.5. The lowest BCUT2D eigenvalue weighted by Crippen LogP contribution is -2.43. The van der Waals surface area contributed by atoms with E-state index in [0.29, 0.717) is 24.3 Å². The summed E-state index contributed by atoms with van der Waals surface area (Å²) in [6.07, 6.45) is 2.00. The van der Waals surface area contributed by atoms with Crippen molar-refractivity contribution in [1.82, 2.24) is 0 Å². The molecular weight excluding hydrogens is 452 g/mol. The van der Waals surface area contributed by atoms with Crippen molar-refractivity contribution in [3.05, 3.63) is 71.3 Å². The maximum Gasteiger partial charge on any atom is 0.240 e. The van der Waals surface area contributed by atoms with Gasteiger partial charge in [0.15, 0.2) is 0 Å². The minimum atomic E-state index is -0.719. The third kappa shape index (κ3) is 3.12. The van der Waals surface area contributed by atoms with Crippen LogP contribution in [0.4, 0.5) is 5.69 Å². The molecule has 182 valence electrons. The van der Waals surface area contributed by atoms with Gasteiger partial charge in [-0.2, -0.15) is 5.26 Å². The smallest absolute Gasteiger partial charge is 0.240 e. The van der Waals surface area contributed by atoms with Crippen molar-refractivity contribution in [1.29, 1.82) is 5.26 Å². The number of ether oxygens (including phenoxy) is 2. The van der Waals surface area contributed by atoms with Gasteiger partial charge in [0.25, 0.3) is 0 Å². The molecule has 36 heavy (non-hydrogen) atoms. The van der Waals surface area contributed by atoms with E-state index in [-0.39, 0.29) is 11.8 Å². The number of amides is 2. The van der Waals surface area contributed by atoms with E-state index >= 15 is 0 Å². The van der Waals surface area contributed by atoms with E-state index in [4.69, 9.17) is 9.47 Å². The largest absolute Gasteiger partial charge is 0.493 e. The van der Waals surface area contributed by atoms with Crippen LogP contribution in [0.25, 0.3) is 10.8 Å². The average Bonchev–Trinajstić information content (AvgIpc) is 3.45. The highest BCUT2D eigenvalue weighted by Gasteiger charge is 2.73. The van der Waals surface area contributed by atoms with Gasteiger partial charge in [-0.15, -0.1) is 0 Å². The Morgan fingerprint density at radius 3 is 2.50 bits per heavy atom. The van der Waals surface area contributed by atoms with Crippen LogP contribution in [-0.4, -0.2) is 29.6 Å². The van der Waals surface area contributed by atoms with Gasteiger partial charge in [-0.3, -0.25) is 9.59 Å². The molecule has 3 aromatic carbocycles. The summed E-state index contributed by atoms with van der Waals surface area (Å²) in [5, 5.41) is 11.0. The molecule has 6 rings (SSSR count). The number of carbonyl (C=O) groups excluding carboxylic acids is 2. The van der Waals surface area contributed by atoms with Crippen molar-refractivity contribution in [2.24, 2.45) is 11.8 Å². The van der Waals surface area contributed by atoms with Crippen molar-refractivity contribution < 1.29 is 19.1 Å². The quantitative estimate of drug-likeness (QED) is 0.468. The molecule has 3 fully saturated rings. The zero-order valence-corrected chi connectivity index (χ0v) is 20.7. The average molecular weight is 481 g/mol. The van der Waals surface area contributed by atoms with Gasteiger partial charge < -0.3 is 9.47 Å². The van der Waals surface area contributed by atoms with E-state index in [0.717, 1.165) is 34.9 Å². The summed E-state index contributed by atoms with van der Waals surface area (Å²) in [5.41, 5.74) is 2.04. The van der Waals surface area contributed by atoms with E-state index in [1.165, 1.54) is 10.5 Å². The predicted molar refractivity (Wildman–Crippen MR) is 136 cm³/mol. The lowest BCUT2D eigenvalue weighted by molar-refractivity contribution is -0.131. The van der Waals surface area contributed by atoms with E-state index < -0.39 is 23.0 Å². The van der Waals surface area contributed by atoms with Crippen LogP contribution in [0.3, 0.4) is 0 Å². The maximum absolute atomic E-state index is 14.0. The summed E-state index contributed by atoms with van der Waals surface area (Å²) in [6.45, 7) is 6.49. The molecule has 2 amide bonds. The normalized spacial score (nSPS) is 28.6. The number of aryl methyl sites for hydroxylation is 2. The first-order valence-electron chi connectivity index (χ1n) is 12.5. The highest BCUT2D eigenvalue weighted by molar-refractivity contribution is 6.26. The molecule has 0 radical (unpaired) electrons. The molecule has 6 nitrogen and oxygen atoms in total. The van der Waals surface area contributed by atoms with E-state index in [1.54, 1.807) is 12.1 Å². The molecule has 0 aromatic heterocycles. The topological polar surface area (TPSA) is 79.6 Å². The molecule has 3 aromatic rings. The monoisotopic (exact) mass is 480 g/mol. The number of hydrogen-bond acceptors (Lipinski definition) is 5. The van der Waals surface area contributed by atoms with Crippen molar-refractivity contribution in [3.63, 3.8) is 0 Å². The van der Waals surface area contributed by atoms with Gasteiger partial charge in [-0.05, 0) is 69.0 Å². The number of benzene rings is 3. The summed E-state index contributed by atoms with van der Waals surface area (Å²) in [7, 11) is 0. The molecule has 0 spiro atoms. The van der Waals surface area contributed by atoms with Gasteiger partial charge in [0.1, 0.15) is 5.75 Å². The molecule has 3 saturated heterocycles. The number of nitrogens with zero attached hydrogens (tertiary/aromatic N) is 2. The fraction of sp³-hybridized carbons (Fsp3) is 0.367. The van der Waals surface area contributed by atoms with Crippen LogP contribution < -0.4 is 9.64 Å². The number of rotatable bonds is 5. The highest BCUT2D eigenvalue weighted by atomic mass is 16.5. The van der Waals surface area contributed by atoms with E-state index in [2.05, 4.69) is 19.9 Å². The molecule has 0 saturated carbocycles. The van der Waals surface area contributed by atoms with Crippen LogP contribution in [0.15, 0.2) is 54.6 Å². The minimum absolute atomic E-state index is 0.209. The third-order valence-electron chi connectivity index (χ3n) is 8.55. The Bertz CT molecular complexity index is 1470. The first kappa shape index (κ1) is 22.8. The van der Waals surface area contributed by atoms with E-state index in [9.17, 15) is 14.9 Å². The molecule has 4 atom stereocenters. The number of carbonyl (C=O) groups is 2. The number of hydrogen-bond donors (Lipinski definition) is 0. The Morgan fingerprint density at radius 1 is 1.00 bits per heavy atom. The second-order valence-electron chi connectivity index (χ2n) is 10.6. The lowest BCUT2D eigenvalue weighted by Gasteiger charge is -2.31. The van der Waals surface area contributed by atoms with Gasteiger partial charge in [-0.25, -0.2) is 4.90 Å². The molecule has 6 heteroatoms. The second-order valence-corrected chi connectivity index (χ2v) is 10.6. The van der Waals surface area contributed by atoms with Crippen LogP contribution in [0.2, 0.25) is 0 Å². The fourth-order valence-corrected chi connectivity index (χ4v) is 6.57. The van der Waals surface area contributed by atoms with Gasteiger partial charge in [0, 0.05) is 17.2 Å². The molecule has 0 aliphatic carbocycles. The maximum atomic E-state index is 14.0. The summed E-state index contributed by atoms with van der Waals surface area (Å²) < 4.78 is 12.6. The van der Waals surface area contributed by atoms with Gasteiger partial charge in [-0.1, -0.05) is 30.3 Å². The number of anilines is 1. The molecule has 4 unspecified atom stereocenters. The minimum Gasteiger partial charge on any atom is -0.493 e. The van der Waals surface area contributed by atoms with Crippen molar-refractivity contribution in [3.8, 4) is 11.8 Å². The third-order valence-corrected chi connectivity index (χ3v) is 8.55. The summed E-state index contributed by atoms with van der Waals surface area (Å²) in [4.78, 5) is 29.1. The molecule has 3 heterocycles. The van der Waals surface area contributed by atoms with Crippen molar-refractivity contribution >= 4 is 28.3 Å². The molecule has 3 aliphatic rings. The predicted octanol–water partition coefficient (Wildman–Crippen LogP) is 5.22. The van der Waals surface area contributed by atoms with Gasteiger partial charge in [0.05, 0.1) is 47.0 Å². The molecule has 3 aliphatic heterocycles. The molecular formula is C30H28N2O4. The highest BCUT2D eigenvalue weighted by Crippen LogP contribution is 2.62. The molecule has 0 N–H and O–H groups in total. The Balaban J connectivity index is 1.32. The van der Waals surface area contributed by atoms with Crippen LogP contribution in [0.5, 0.6) is 5.75 Å². The summed E-state index contributed by atoms with van der Waals surface area (Å²) in [6, 6.07) is 19.1. The SMILES string of the molecule is Cc1ccc(OCCC23CCC(C)(O2)C2C(=O)N(c4ccc(C#N)c5ccccc45)C(=O)C23)cc1C. The Labute approximate surface area is 210 Å². The lowest BCUT2D eigenvalue weighted by atomic mass is 9.67. The van der Waals surface area contributed by atoms with Crippen LogP contribution >= 0.6 is 0 Å². The van der Waals surface area contributed by atoms with Crippen LogP contribution in [0, 0.1) is 37.0 Å². The molecule has 2 bridgehead atoms. The summed E-state index contributed by atoms with van der Waals surface area (Å²) >= 11 is 0. The number of fused-ring (bicyclic) bond motifs is 6. The van der Waals surface area contributed by atoms with Crippen LogP contribution in [0.1, 0.15) is 42.9 Å². The number of imide groups is 1. The first-order chi connectivity index (χ1) is 17.3. The Morgan fingerprint density at radius 2 is 1.75 bits per heavy atom. The number of nitriles is 1. The van der Waals surface area contributed by atoms with Crippen molar-refractivity contribution in [2.45, 2.75) is 51.2 Å². The van der Waals surface area contributed by atoms with Gasteiger partial charge >= 0.3 is 0 Å². The standard InChI is InChI=1S/C30H28N2O4/c1-18-8-10-21(16-19(18)2)35-15-14-30-13-12-29(3,36-30)25-26(30)28(34)32(27(25)33)24-11-9-20(17-31)22-6-4-5-7-23(22)24/h4-11,16,25-26H,12-15H2,1-3H3. The zero-order chi connectivity index (χ0) is 25.2. The van der Waals surface area contributed by atoms with Crippen LogP contribution in [-0.2, 0) is 14.3 Å². The van der Waals surface area contributed by atoms with Gasteiger partial charge in [0.2, 0.25) is 11.8 Å². The fourth-order valence-electron chi connectivity index (χ4n) is 6.57. The zero-order valence-electron chi connectivity index (χ0n) is 20.7. The summed E-state index contributed by atoms with van der Waals surface area (Å²) in [5.74, 6) is -0.686. The Hall–Kier alpha value is -3.69. The van der Waals surface area contributed by atoms with Crippen molar-refractivity contribution in [2.75, 3.05) is 11.5 Å². The Kier molecular flexibility index (Phi) is 5.00. The van der Waals surface area contributed by atoms with E-state index in [1.807, 2.05) is 49.4 Å².